The normalized spacial score (nSPS) is 12.9. The molecule has 0 fully saturated rings. The van der Waals surface area contributed by atoms with E-state index >= 15 is 0 Å². The summed E-state index contributed by atoms with van der Waals surface area (Å²) in [6, 6.07) is -0.753. The Morgan fingerprint density at radius 2 is 1.52 bits per heavy atom. The van der Waals surface area contributed by atoms with Crippen molar-refractivity contribution in [1.29, 1.82) is 0 Å². The molecule has 0 heterocycles. The van der Waals surface area contributed by atoms with Crippen LogP contribution in [0, 0.1) is 0 Å². The number of carbonyl (C=O) groups excluding carboxylic acids is 3. The van der Waals surface area contributed by atoms with E-state index in [4.69, 9.17) is 15.2 Å². The van der Waals surface area contributed by atoms with Crippen LogP contribution in [-0.2, 0) is 19.1 Å². The van der Waals surface area contributed by atoms with Crippen molar-refractivity contribution in [1.82, 2.24) is 10.6 Å². The molecule has 2 amide bonds. The number of carbonyl (C=O) groups is 3. The number of nitrogens with two attached hydrogens (primary N) is 1. The van der Waals surface area contributed by atoms with E-state index in [1.54, 1.807) is 41.5 Å². The second kappa shape index (κ2) is 10.2. The Kier molecular flexibility index (Phi) is 9.48. The summed E-state index contributed by atoms with van der Waals surface area (Å²) in [6.07, 6.45) is 1.17. The molecule has 0 aliphatic carbocycles. The minimum absolute atomic E-state index is 0.195. The average molecular weight is 359 g/mol. The lowest BCUT2D eigenvalue weighted by molar-refractivity contribution is -0.158. The molecule has 0 bridgehead atoms. The van der Waals surface area contributed by atoms with Gasteiger partial charge in [-0.1, -0.05) is 0 Å². The van der Waals surface area contributed by atoms with Crippen LogP contribution in [0.5, 0.6) is 0 Å². The highest BCUT2D eigenvalue weighted by Gasteiger charge is 2.26. The van der Waals surface area contributed by atoms with Crippen molar-refractivity contribution >= 4 is 18.0 Å². The van der Waals surface area contributed by atoms with Crippen molar-refractivity contribution < 1.29 is 23.9 Å². The standard InChI is InChI=1S/C17H33N3O5/c1-16(2,3)24-14(22)12(20-13(21)11-18)9-7-8-10-19-15(23)25-17(4,5)6/h12H,7-11,18H2,1-6H3,(H,19,23)(H,20,21)/t12-/m0/s1. The maximum atomic E-state index is 12.2. The van der Waals surface area contributed by atoms with Crippen molar-refractivity contribution in [3.8, 4) is 0 Å². The molecule has 4 N–H and O–H groups in total. The number of hydrogen-bond donors (Lipinski definition) is 3. The maximum Gasteiger partial charge on any atom is 0.407 e. The Balaban J connectivity index is 4.32. The van der Waals surface area contributed by atoms with Crippen molar-refractivity contribution in [3.05, 3.63) is 0 Å². The van der Waals surface area contributed by atoms with Crippen LogP contribution in [0.2, 0.25) is 0 Å². The highest BCUT2D eigenvalue weighted by atomic mass is 16.6. The van der Waals surface area contributed by atoms with Crippen LogP contribution >= 0.6 is 0 Å². The fraction of sp³-hybridized carbons (Fsp3) is 0.824. The second-order valence-corrected chi connectivity index (χ2v) is 7.78. The highest BCUT2D eigenvalue weighted by Crippen LogP contribution is 2.11. The number of esters is 1. The fourth-order valence-electron chi connectivity index (χ4n) is 1.85. The van der Waals surface area contributed by atoms with Gasteiger partial charge in [-0.25, -0.2) is 9.59 Å². The van der Waals surface area contributed by atoms with Crippen molar-refractivity contribution in [2.45, 2.75) is 78.0 Å². The maximum absolute atomic E-state index is 12.2. The summed E-state index contributed by atoms with van der Waals surface area (Å²) in [6.45, 7) is 10.9. The number of hydrogen-bond acceptors (Lipinski definition) is 6. The van der Waals surface area contributed by atoms with Gasteiger partial charge >= 0.3 is 12.1 Å². The lowest BCUT2D eigenvalue weighted by Crippen LogP contribution is -2.46. The third kappa shape index (κ3) is 13.2. The average Bonchev–Trinajstić information content (AvgIpc) is 2.41. The van der Waals surface area contributed by atoms with E-state index in [1.165, 1.54) is 0 Å². The molecular weight excluding hydrogens is 326 g/mol. The predicted molar refractivity (Wildman–Crippen MR) is 94.9 cm³/mol. The number of nitrogens with one attached hydrogen (secondary N) is 2. The number of amides is 2. The third-order valence-electron chi connectivity index (χ3n) is 2.80. The van der Waals surface area contributed by atoms with Crippen LogP contribution in [0.4, 0.5) is 4.79 Å². The van der Waals surface area contributed by atoms with Crippen molar-refractivity contribution in [2.24, 2.45) is 5.73 Å². The van der Waals surface area contributed by atoms with Gasteiger partial charge in [0.15, 0.2) is 0 Å². The van der Waals surface area contributed by atoms with Crippen LogP contribution in [0.1, 0.15) is 60.8 Å². The summed E-state index contributed by atoms with van der Waals surface area (Å²) >= 11 is 0. The molecule has 0 radical (unpaired) electrons. The van der Waals surface area contributed by atoms with Crippen LogP contribution in [0.15, 0.2) is 0 Å². The van der Waals surface area contributed by atoms with E-state index in [9.17, 15) is 14.4 Å². The highest BCUT2D eigenvalue weighted by molar-refractivity contribution is 5.85. The zero-order chi connectivity index (χ0) is 19.7. The van der Waals surface area contributed by atoms with Gasteiger partial charge in [-0.05, 0) is 60.8 Å². The Morgan fingerprint density at radius 1 is 0.960 bits per heavy atom. The van der Waals surface area contributed by atoms with E-state index < -0.39 is 35.2 Å². The lowest BCUT2D eigenvalue weighted by atomic mass is 10.1. The minimum Gasteiger partial charge on any atom is -0.458 e. The molecule has 0 aliphatic rings. The molecule has 0 aromatic carbocycles. The van der Waals surface area contributed by atoms with Gasteiger partial charge < -0.3 is 25.8 Å². The molecule has 0 rings (SSSR count). The number of alkyl carbamates (subject to hydrolysis) is 1. The summed E-state index contributed by atoms with van der Waals surface area (Å²) in [7, 11) is 0. The quantitative estimate of drug-likeness (QED) is 0.446. The first-order valence-electron chi connectivity index (χ1n) is 8.53. The van der Waals surface area contributed by atoms with E-state index in [2.05, 4.69) is 10.6 Å². The van der Waals surface area contributed by atoms with Gasteiger partial charge in [0.1, 0.15) is 17.2 Å². The fourth-order valence-corrected chi connectivity index (χ4v) is 1.85. The van der Waals surface area contributed by atoms with E-state index in [-0.39, 0.29) is 6.54 Å². The molecular formula is C17H33N3O5. The van der Waals surface area contributed by atoms with Gasteiger partial charge in [0, 0.05) is 6.54 Å². The summed E-state index contributed by atoms with van der Waals surface area (Å²) in [5.74, 6) is -0.905. The van der Waals surface area contributed by atoms with Crippen LogP contribution in [0.25, 0.3) is 0 Å². The largest absolute Gasteiger partial charge is 0.458 e. The Bertz CT molecular complexity index is 452. The summed E-state index contributed by atoms with van der Waals surface area (Å²) in [5.41, 5.74) is 4.10. The molecule has 0 aromatic rings. The summed E-state index contributed by atoms with van der Waals surface area (Å²) in [4.78, 5) is 35.2. The number of ether oxygens (including phenoxy) is 2. The topological polar surface area (TPSA) is 120 Å². The summed E-state index contributed by atoms with van der Waals surface area (Å²) < 4.78 is 10.4. The molecule has 8 heteroatoms. The van der Waals surface area contributed by atoms with E-state index in [1.807, 2.05) is 0 Å². The smallest absolute Gasteiger partial charge is 0.407 e. The van der Waals surface area contributed by atoms with Gasteiger partial charge in [0.05, 0.1) is 6.54 Å². The molecule has 0 aliphatic heterocycles. The molecule has 1 atom stereocenters. The van der Waals surface area contributed by atoms with Crippen molar-refractivity contribution in [2.75, 3.05) is 13.1 Å². The lowest BCUT2D eigenvalue weighted by Gasteiger charge is -2.24. The van der Waals surface area contributed by atoms with Crippen LogP contribution in [-0.4, -0.2) is 48.3 Å². The number of unbranched alkanes of at least 4 members (excludes halogenated alkanes) is 1. The Morgan fingerprint density at radius 3 is 2.00 bits per heavy atom. The first-order valence-corrected chi connectivity index (χ1v) is 8.53. The molecule has 146 valence electrons. The molecule has 0 saturated heterocycles. The molecule has 25 heavy (non-hydrogen) atoms. The van der Waals surface area contributed by atoms with E-state index in [0.717, 1.165) is 0 Å². The van der Waals surface area contributed by atoms with Crippen LogP contribution in [0.3, 0.4) is 0 Å². The molecule has 0 spiro atoms. The SMILES string of the molecule is CC(C)(C)OC(=O)NCCCC[C@H](NC(=O)CN)C(=O)OC(C)(C)C. The molecule has 0 aromatic heterocycles. The monoisotopic (exact) mass is 359 g/mol. The van der Waals surface area contributed by atoms with Crippen LogP contribution < -0.4 is 16.4 Å². The van der Waals surface area contributed by atoms with Crippen molar-refractivity contribution in [3.63, 3.8) is 0 Å². The summed E-state index contributed by atoms with van der Waals surface area (Å²) in [5, 5.41) is 5.22. The molecule has 0 unspecified atom stereocenters. The molecule has 0 saturated carbocycles. The Hall–Kier alpha value is -1.83. The first kappa shape index (κ1) is 23.2. The zero-order valence-corrected chi connectivity index (χ0v) is 16.2. The van der Waals surface area contributed by atoms with Gasteiger partial charge in [0.25, 0.3) is 0 Å². The van der Waals surface area contributed by atoms with E-state index in [0.29, 0.717) is 25.8 Å². The minimum atomic E-state index is -0.753. The predicted octanol–water partition coefficient (Wildman–Crippen LogP) is 1.47. The van der Waals surface area contributed by atoms with Gasteiger partial charge in [-0.3, -0.25) is 4.79 Å². The van der Waals surface area contributed by atoms with Gasteiger partial charge in [0.2, 0.25) is 5.91 Å². The zero-order valence-electron chi connectivity index (χ0n) is 16.2. The van der Waals surface area contributed by atoms with Gasteiger partial charge in [-0.15, -0.1) is 0 Å². The second-order valence-electron chi connectivity index (χ2n) is 7.78. The third-order valence-corrected chi connectivity index (χ3v) is 2.80. The first-order chi connectivity index (χ1) is 11.3. The van der Waals surface area contributed by atoms with Gasteiger partial charge in [-0.2, -0.15) is 0 Å². The Labute approximate surface area is 150 Å². The molecule has 8 nitrogen and oxygen atoms in total. The number of rotatable bonds is 8.